The van der Waals surface area contributed by atoms with Crippen LogP contribution >= 0.6 is 0 Å². The van der Waals surface area contributed by atoms with E-state index in [1.807, 2.05) is 25.1 Å². The number of non-ortho nitro benzene ring substituents is 1. The van der Waals surface area contributed by atoms with Gasteiger partial charge < -0.3 is 4.74 Å². The summed E-state index contributed by atoms with van der Waals surface area (Å²) < 4.78 is 33.2. The molecule has 0 aliphatic heterocycles. The lowest BCUT2D eigenvalue weighted by Crippen LogP contribution is -2.29. The molecule has 0 spiro atoms. The van der Waals surface area contributed by atoms with Crippen molar-refractivity contribution in [2.45, 2.75) is 38.5 Å². The minimum atomic E-state index is -3.87. The fraction of sp³-hybridized carbons (Fsp3) is 0.368. The summed E-state index contributed by atoms with van der Waals surface area (Å²) >= 11 is 0. The van der Waals surface area contributed by atoms with Crippen LogP contribution in [0.1, 0.15) is 36.5 Å². The third kappa shape index (κ3) is 5.27. The number of hydrogen-bond acceptors (Lipinski definition) is 5. The average molecular weight is 392 g/mol. The third-order valence-corrected chi connectivity index (χ3v) is 5.72. The first kappa shape index (κ1) is 20.9. The molecule has 1 N–H and O–H groups in total. The summed E-state index contributed by atoms with van der Waals surface area (Å²) in [7, 11) is -3.87. The Hall–Kier alpha value is -2.45. The lowest BCUT2D eigenvalue weighted by molar-refractivity contribution is -0.385. The van der Waals surface area contributed by atoms with E-state index in [1.54, 1.807) is 6.92 Å². The Labute approximate surface area is 159 Å². The van der Waals surface area contributed by atoms with Crippen LogP contribution in [-0.4, -0.2) is 26.5 Å². The van der Waals surface area contributed by atoms with Crippen molar-refractivity contribution in [1.29, 1.82) is 0 Å². The van der Waals surface area contributed by atoms with Gasteiger partial charge in [0.15, 0.2) is 0 Å². The minimum absolute atomic E-state index is 0.0515. The highest BCUT2D eigenvalue weighted by atomic mass is 32.2. The maximum atomic E-state index is 12.5. The summed E-state index contributed by atoms with van der Waals surface area (Å²) in [6.07, 6.45) is 0. The van der Waals surface area contributed by atoms with Crippen LogP contribution < -0.4 is 9.46 Å². The molecule has 0 saturated heterocycles. The van der Waals surface area contributed by atoms with Crippen molar-refractivity contribution < 1.29 is 18.1 Å². The minimum Gasteiger partial charge on any atom is -0.492 e. The first-order valence-corrected chi connectivity index (χ1v) is 10.1. The van der Waals surface area contributed by atoms with Crippen LogP contribution in [0, 0.1) is 24.0 Å². The van der Waals surface area contributed by atoms with Crippen LogP contribution in [0.3, 0.4) is 0 Å². The SMILES string of the molecule is Cc1ccc(C(C)C)c(OCCNS(=O)(=O)c2cc([N+](=O)[O-])ccc2C)c1. The standard InChI is InChI=1S/C19H24N2O5S/c1-13(2)17-8-5-14(3)11-18(17)26-10-9-20-27(24,25)19-12-16(21(22)23)7-6-15(19)4/h5-8,11-13,20H,9-10H2,1-4H3. The van der Waals surface area contributed by atoms with E-state index in [-0.39, 0.29) is 29.7 Å². The Morgan fingerprint density at radius 2 is 1.85 bits per heavy atom. The molecule has 0 bridgehead atoms. The van der Waals surface area contributed by atoms with Crippen molar-refractivity contribution >= 4 is 15.7 Å². The highest BCUT2D eigenvalue weighted by Crippen LogP contribution is 2.27. The number of aryl methyl sites for hydroxylation is 2. The van der Waals surface area contributed by atoms with Gasteiger partial charge in [-0.25, -0.2) is 13.1 Å². The van der Waals surface area contributed by atoms with Crippen LogP contribution in [-0.2, 0) is 10.0 Å². The number of nitro benzene ring substituents is 1. The van der Waals surface area contributed by atoms with Crippen LogP contribution in [0.2, 0.25) is 0 Å². The molecule has 0 saturated carbocycles. The van der Waals surface area contributed by atoms with Crippen LogP contribution in [0.4, 0.5) is 5.69 Å². The van der Waals surface area contributed by atoms with Crippen molar-refractivity contribution in [3.8, 4) is 5.75 Å². The largest absolute Gasteiger partial charge is 0.492 e. The number of nitrogens with one attached hydrogen (secondary N) is 1. The molecule has 8 heteroatoms. The summed E-state index contributed by atoms with van der Waals surface area (Å²) in [5.74, 6) is 1.01. The molecule has 0 aliphatic carbocycles. The molecule has 2 aromatic carbocycles. The van der Waals surface area contributed by atoms with Gasteiger partial charge >= 0.3 is 0 Å². The van der Waals surface area contributed by atoms with Crippen molar-refractivity contribution in [1.82, 2.24) is 4.72 Å². The van der Waals surface area contributed by atoms with Gasteiger partial charge in [-0.1, -0.05) is 32.0 Å². The summed E-state index contributed by atoms with van der Waals surface area (Å²) in [5, 5.41) is 10.9. The van der Waals surface area contributed by atoms with Crippen molar-refractivity contribution in [2.24, 2.45) is 0 Å². The number of sulfonamides is 1. The van der Waals surface area contributed by atoms with Crippen LogP contribution in [0.5, 0.6) is 5.75 Å². The van der Waals surface area contributed by atoms with Gasteiger partial charge in [-0.3, -0.25) is 10.1 Å². The Morgan fingerprint density at radius 3 is 2.48 bits per heavy atom. The van der Waals surface area contributed by atoms with E-state index in [1.165, 1.54) is 12.1 Å². The predicted octanol–water partition coefficient (Wildman–Crippen LogP) is 3.69. The molecule has 0 unspecified atom stereocenters. The Morgan fingerprint density at radius 1 is 1.15 bits per heavy atom. The Kier molecular flexibility index (Phi) is 6.56. The number of hydrogen-bond donors (Lipinski definition) is 1. The number of nitro groups is 1. The molecule has 2 rings (SSSR count). The molecular formula is C19H24N2O5S. The zero-order valence-electron chi connectivity index (χ0n) is 15.9. The molecule has 146 valence electrons. The molecule has 0 aromatic heterocycles. The lowest BCUT2D eigenvalue weighted by Gasteiger charge is -2.15. The fourth-order valence-corrected chi connectivity index (χ4v) is 3.93. The summed E-state index contributed by atoms with van der Waals surface area (Å²) in [5.41, 5.74) is 2.29. The number of nitrogens with zero attached hydrogens (tertiary/aromatic N) is 1. The second-order valence-electron chi connectivity index (χ2n) is 6.65. The lowest BCUT2D eigenvalue weighted by atomic mass is 10.0. The van der Waals surface area contributed by atoms with Crippen molar-refractivity contribution in [3.63, 3.8) is 0 Å². The highest BCUT2D eigenvalue weighted by Gasteiger charge is 2.20. The van der Waals surface area contributed by atoms with E-state index in [4.69, 9.17) is 4.74 Å². The molecule has 0 heterocycles. The summed E-state index contributed by atoms with van der Waals surface area (Å²) in [4.78, 5) is 10.2. The molecule has 0 fully saturated rings. The predicted molar refractivity (Wildman–Crippen MR) is 104 cm³/mol. The van der Waals surface area contributed by atoms with E-state index >= 15 is 0 Å². The van der Waals surface area contributed by atoms with Gasteiger partial charge in [0.1, 0.15) is 12.4 Å². The van der Waals surface area contributed by atoms with Crippen molar-refractivity contribution in [3.05, 3.63) is 63.2 Å². The van der Waals surface area contributed by atoms with Crippen molar-refractivity contribution in [2.75, 3.05) is 13.2 Å². The Balaban J connectivity index is 2.06. The van der Waals surface area contributed by atoms with E-state index in [0.717, 1.165) is 22.9 Å². The van der Waals surface area contributed by atoms with Gasteiger partial charge in [-0.2, -0.15) is 0 Å². The Bertz CT molecular complexity index is 939. The van der Waals surface area contributed by atoms with Gasteiger partial charge in [0.05, 0.1) is 9.82 Å². The van der Waals surface area contributed by atoms with Crippen LogP contribution in [0.25, 0.3) is 0 Å². The normalized spacial score (nSPS) is 11.6. The molecule has 7 nitrogen and oxygen atoms in total. The molecule has 0 amide bonds. The summed E-state index contributed by atoms with van der Waals surface area (Å²) in [6.45, 7) is 7.88. The zero-order chi connectivity index (χ0) is 20.2. The van der Waals surface area contributed by atoms with E-state index in [2.05, 4.69) is 18.6 Å². The topological polar surface area (TPSA) is 98.5 Å². The maximum Gasteiger partial charge on any atom is 0.270 e. The second-order valence-corrected chi connectivity index (χ2v) is 8.38. The second kappa shape index (κ2) is 8.49. The van der Waals surface area contributed by atoms with Gasteiger partial charge in [0.2, 0.25) is 10.0 Å². The molecule has 0 aliphatic rings. The maximum absolute atomic E-state index is 12.5. The third-order valence-electron chi connectivity index (χ3n) is 4.11. The fourth-order valence-electron chi connectivity index (χ4n) is 2.65. The van der Waals surface area contributed by atoms with Gasteiger partial charge in [0.25, 0.3) is 5.69 Å². The molecule has 2 aromatic rings. The van der Waals surface area contributed by atoms with Crippen LogP contribution in [0.15, 0.2) is 41.3 Å². The zero-order valence-corrected chi connectivity index (χ0v) is 16.7. The van der Waals surface area contributed by atoms with Gasteiger partial charge in [0, 0.05) is 18.7 Å². The highest BCUT2D eigenvalue weighted by molar-refractivity contribution is 7.89. The molecule has 0 atom stereocenters. The average Bonchev–Trinajstić information content (AvgIpc) is 2.58. The monoisotopic (exact) mass is 392 g/mol. The number of rotatable bonds is 8. The quantitative estimate of drug-likeness (QED) is 0.420. The summed E-state index contributed by atoms with van der Waals surface area (Å²) in [6, 6.07) is 9.71. The smallest absolute Gasteiger partial charge is 0.270 e. The van der Waals surface area contributed by atoms with E-state index in [0.29, 0.717) is 5.56 Å². The van der Waals surface area contributed by atoms with E-state index in [9.17, 15) is 18.5 Å². The molecule has 27 heavy (non-hydrogen) atoms. The number of ether oxygens (including phenoxy) is 1. The number of benzene rings is 2. The van der Waals surface area contributed by atoms with E-state index < -0.39 is 14.9 Å². The molecular weight excluding hydrogens is 368 g/mol. The first-order valence-electron chi connectivity index (χ1n) is 8.60. The van der Waals surface area contributed by atoms with Gasteiger partial charge in [-0.05, 0) is 42.5 Å². The first-order chi connectivity index (χ1) is 12.6. The molecule has 0 radical (unpaired) electrons. The van der Waals surface area contributed by atoms with Gasteiger partial charge in [-0.15, -0.1) is 0 Å².